The largest absolute Gasteiger partial charge is 0.465 e. The molecule has 1 saturated heterocycles. The van der Waals surface area contributed by atoms with Gasteiger partial charge in [-0.2, -0.15) is 0 Å². The number of hydrogen-bond acceptors (Lipinski definition) is 3. The molecule has 1 fully saturated rings. The first-order valence-electron chi connectivity index (χ1n) is 7.35. The van der Waals surface area contributed by atoms with Crippen LogP contribution >= 0.6 is 0 Å². The molecule has 19 heavy (non-hydrogen) atoms. The van der Waals surface area contributed by atoms with E-state index >= 15 is 0 Å². The number of carbonyl (C=O) groups is 1. The molecule has 0 aromatic heterocycles. The number of ether oxygens (including phenoxy) is 2. The van der Waals surface area contributed by atoms with Gasteiger partial charge < -0.3 is 9.47 Å². The van der Waals surface area contributed by atoms with Crippen molar-refractivity contribution >= 4 is 5.97 Å². The topological polar surface area (TPSA) is 35.5 Å². The highest BCUT2D eigenvalue weighted by Crippen LogP contribution is 2.53. The van der Waals surface area contributed by atoms with Crippen molar-refractivity contribution in [3.05, 3.63) is 11.6 Å². The van der Waals surface area contributed by atoms with E-state index in [1.54, 1.807) is 0 Å². The third-order valence-electron chi connectivity index (χ3n) is 5.30. The summed E-state index contributed by atoms with van der Waals surface area (Å²) in [5.74, 6) is 1.14. The van der Waals surface area contributed by atoms with Crippen LogP contribution < -0.4 is 0 Å². The van der Waals surface area contributed by atoms with E-state index in [9.17, 15) is 4.79 Å². The Morgan fingerprint density at radius 3 is 2.79 bits per heavy atom. The molecule has 0 radical (unpaired) electrons. The molecule has 0 spiro atoms. The molecule has 3 nitrogen and oxygen atoms in total. The number of fused-ring (bicyclic) bond motifs is 2. The maximum atomic E-state index is 11.2. The van der Waals surface area contributed by atoms with Gasteiger partial charge in [0.15, 0.2) is 0 Å². The van der Waals surface area contributed by atoms with Crippen LogP contribution in [0.3, 0.4) is 0 Å². The summed E-state index contributed by atoms with van der Waals surface area (Å²) in [6.45, 7) is 11.6. The quantitative estimate of drug-likeness (QED) is 0.581. The number of hydrogen-bond donors (Lipinski definition) is 0. The predicted octanol–water partition coefficient (Wildman–Crippen LogP) is 3.19. The summed E-state index contributed by atoms with van der Waals surface area (Å²) in [6, 6.07) is 0. The van der Waals surface area contributed by atoms with Crippen LogP contribution in [-0.2, 0) is 14.3 Å². The highest BCUT2D eigenvalue weighted by molar-refractivity contribution is 5.65. The molecule has 3 heteroatoms. The van der Waals surface area contributed by atoms with E-state index in [0.717, 1.165) is 6.42 Å². The van der Waals surface area contributed by atoms with Gasteiger partial charge in [0, 0.05) is 18.3 Å². The molecule has 0 N–H and O–H groups in total. The van der Waals surface area contributed by atoms with Crippen molar-refractivity contribution in [2.24, 2.45) is 23.2 Å². The van der Waals surface area contributed by atoms with Gasteiger partial charge in [-0.25, -0.2) is 0 Å². The molecule has 2 bridgehead atoms. The molecule has 1 heterocycles. The van der Waals surface area contributed by atoms with E-state index in [1.165, 1.54) is 12.5 Å². The van der Waals surface area contributed by atoms with Gasteiger partial charge in [-0.15, -0.1) is 0 Å². The smallest absolute Gasteiger partial charge is 0.302 e. The van der Waals surface area contributed by atoms with Crippen molar-refractivity contribution in [3.63, 3.8) is 0 Å². The van der Waals surface area contributed by atoms with Crippen molar-refractivity contribution in [2.75, 3.05) is 13.2 Å². The summed E-state index contributed by atoms with van der Waals surface area (Å²) < 4.78 is 11.5. The number of carbonyl (C=O) groups excluding carboxylic acids is 1. The summed E-state index contributed by atoms with van der Waals surface area (Å²) in [6.07, 6.45) is 3.71. The molecule has 0 unspecified atom stereocenters. The lowest BCUT2D eigenvalue weighted by Crippen LogP contribution is -2.56. The van der Waals surface area contributed by atoms with Gasteiger partial charge in [0.1, 0.15) is 0 Å². The molecule has 1 aliphatic carbocycles. The monoisotopic (exact) mass is 266 g/mol. The molecular weight excluding hydrogens is 240 g/mol. The summed E-state index contributed by atoms with van der Waals surface area (Å²) >= 11 is 0. The van der Waals surface area contributed by atoms with Gasteiger partial charge in [0.25, 0.3) is 0 Å². The van der Waals surface area contributed by atoms with Crippen LogP contribution in [0.4, 0.5) is 0 Å². The summed E-state index contributed by atoms with van der Waals surface area (Å²) in [4.78, 5) is 11.2. The average Bonchev–Trinajstić information content (AvgIpc) is 2.34. The molecule has 0 aromatic rings. The van der Waals surface area contributed by atoms with Crippen molar-refractivity contribution < 1.29 is 14.3 Å². The predicted molar refractivity (Wildman–Crippen MR) is 74.7 cm³/mol. The molecule has 2 rings (SSSR count). The zero-order valence-corrected chi connectivity index (χ0v) is 12.7. The Kier molecular flexibility index (Phi) is 4.05. The Bertz CT molecular complexity index is 387. The average molecular weight is 266 g/mol. The second-order valence-electron chi connectivity index (χ2n) is 6.28. The van der Waals surface area contributed by atoms with Gasteiger partial charge in [-0.05, 0) is 25.2 Å². The lowest BCUT2D eigenvalue weighted by atomic mass is 9.56. The Balaban J connectivity index is 2.31. The van der Waals surface area contributed by atoms with E-state index in [4.69, 9.17) is 9.47 Å². The summed E-state index contributed by atoms with van der Waals surface area (Å²) in [7, 11) is 0. The van der Waals surface area contributed by atoms with Crippen molar-refractivity contribution in [1.82, 2.24) is 0 Å². The van der Waals surface area contributed by atoms with Crippen molar-refractivity contribution in [1.29, 1.82) is 0 Å². The first kappa shape index (κ1) is 14.6. The number of allylic oxidation sites excluding steroid dienone is 1. The molecule has 0 aromatic carbocycles. The van der Waals surface area contributed by atoms with E-state index in [1.807, 2.05) is 0 Å². The molecule has 0 saturated carbocycles. The van der Waals surface area contributed by atoms with Crippen molar-refractivity contribution in [2.45, 2.75) is 47.1 Å². The fourth-order valence-corrected chi connectivity index (χ4v) is 3.99. The maximum Gasteiger partial charge on any atom is 0.302 e. The third-order valence-corrected chi connectivity index (χ3v) is 5.30. The standard InChI is InChI=1S/C16H26O3/c1-6-14-15-10(2)7-11(3)16(9-19-14,12(15)4)8-18-13(5)17/h7,11-12,14-15H,6,8-9H2,1-5H3/t11-,12+,14-,15+,16+/m0/s1. The molecule has 0 amide bonds. The third kappa shape index (κ3) is 2.33. The minimum atomic E-state index is -0.200. The minimum Gasteiger partial charge on any atom is -0.465 e. The van der Waals surface area contributed by atoms with E-state index in [0.29, 0.717) is 37.1 Å². The lowest BCUT2D eigenvalue weighted by Gasteiger charge is -2.55. The van der Waals surface area contributed by atoms with E-state index in [2.05, 4.69) is 33.8 Å². The number of esters is 1. The summed E-state index contributed by atoms with van der Waals surface area (Å²) in [5.41, 5.74) is 1.38. The lowest BCUT2D eigenvalue weighted by molar-refractivity contribution is -0.179. The second-order valence-corrected chi connectivity index (χ2v) is 6.28. The van der Waals surface area contributed by atoms with Gasteiger partial charge in [0.05, 0.1) is 19.3 Å². The Hall–Kier alpha value is -0.830. The van der Waals surface area contributed by atoms with Gasteiger partial charge in [0.2, 0.25) is 0 Å². The SMILES string of the molecule is CC[C@@H]1OC[C@@]2(COC(C)=O)[C@H](C)[C@H]1C(C)=C[C@@H]2C. The first-order chi connectivity index (χ1) is 8.92. The van der Waals surface area contributed by atoms with Crippen LogP contribution in [0.25, 0.3) is 0 Å². The molecular formula is C16H26O3. The van der Waals surface area contributed by atoms with Crippen LogP contribution in [-0.4, -0.2) is 25.3 Å². The molecule has 5 atom stereocenters. The maximum absolute atomic E-state index is 11.2. The van der Waals surface area contributed by atoms with Crippen LogP contribution in [0, 0.1) is 23.2 Å². The van der Waals surface area contributed by atoms with Crippen LogP contribution in [0.5, 0.6) is 0 Å². The van der Waals surface area contributed by atoms with Gasteiger partial charge in [-0.3, -0.25) is 4.79 Å². The fourth-order valence-electron chi connectivity index (χ4n) is 3.99. The first-order valence-corrected chi connectivity index (χ1v) is 7.35. The minimum absolute atomic E-state index is 0.0541. The number of rotatable bonds is 3. The zero-order valence-electron chi connectivity index (χ0n) is 12.7. The van der Waals surface area contributed by atoms with Crippen LogP contribution in [0.15, 0.2) is 11.6 Å². The zero-order chi connectivity index (χ0) is 14.2. The molecule has 2 aliphatic rings. The van der Waals surface area contributed by atoms with Crippen molar-refractivity contribution in [3.8, 4) is 0 Å². The van der Waals surface area contributed by atoms with Gasteiger partial charge in [-0.1, -0.05) is 32.4 Å². The Labute approximate surface area is 116 Å². The normalized spacial score (nSPS) is 41.6. The Morgan fingerprint density at radius 2 is 2.21 bits per heavy atom. The highest BCUT2D eigenvalue weighted by Gasteiger charge is 2.53. The molecule has 1 aliphatic heterocycles. The Morgan fingerprint density at radius 1 is 1.53 bits per heavy atom. The fraction of sp³-hybridized carbons (Fsp3) is 0.812. The van der Waals surface area contributed by atoms with Crippen LogP contribution in [0.2, 0.25) is 0 Å². The van der Waals surface area contributed by atoms with Crippen LogP contribution in [0.1, 0.15) is 41.0 Å². The molecule has 108 valence electrons. The van der Waals surface area contributed by atoms with E-state index in [-0.39, 0.29) is 11.4 Å². The second kappa shape index (κ2) is 5.28. The van der Waals surface area contributed by atoms with E-state index < -0.39 is 0 Å². The van der Waals surface area contributed by atoms with Gasteiger partial charge >= 0.3 is 5.97 Å². The summed E-state index contributed by atoms with van der Waals surface area (Å²) in [5, 5.41) is 0. The highest BCUT2D eigenvalue weighted by atomic mass is 16.5.